The lowest BCUT2D eigenvalue weighted by Crippen LogP contribution is -2.48. The average molecular weight is 480 g/mol. The van der Waals surface area contributed by atoms with Crippen LogP contribution in [0.15, 0.2) is 36.4 Å². The van der Waals surface area contributed by atoms with Crippen LogP contribution in [0.5, 0.6) is 0 Å². The standard InChI is InChI=1S/C25H26ClN5O3/c1-14-9-10-19-17(11-14)24(15(2)32)29-30(19)13-23(33)31-18-6-3-5-16(18)12-20(31)25(34)28-22-8-4-7-21(26)27-22/h4,7-11,16,18,20H,3,5-6,12-13H2,1-2H3,(H,27,28,34)/t16-,18-,20-/m0/s1. The number of nitrogens with one attached hydrogen (secondary N) is 1. The molecule has 1 saturated carbocycles. The van der Waals surface area contributed by atoms with Crippen molar-refractivity contribution >= 4 is 45.9 Å². The lowest BCUT2D eigenvalue weighted by molar-refractivity contribution is -0.139. The first-order valence-corrected chi connectivity index (χ1v) is 11.9. The second-order valence-electron chi connectivity index (χ2n) is 9.23. The molecule has 1 aliphatic heterocycles. The minimum atomic E-state index is -0.583. The van der Waals surface area contributed by atoms with Crippen LogP contribution in [0.1, 0.15) is 48.7 Å². The highest BCUT2D eigenvalue weighted by molar-refractivity contribution is 6.29. The zero-order valence-corrected chi connectivity index (χ0v) is 19.9. The molecule has 2 fully saturated rings. The molecule has 3 atom stereocenters. The molecule has 0 bridgehead atoms. The third-order valence-electron chi connectivity index (χ3n) is 6.92. The van der Waals surface area contributed by atoms with Crippen LogP contribution in [0.4, 0.5) is 5.82 Å². The van der Waals surface area contributed by atoms with E-state index in [9.17, 15) is 14.4 Å². The number of rotatable bonds is 5. The van der Waals surface area contributed by atoms with Crippen molar-refractivity contribution in [3.63, 3.8) is 0 Å². The molecule has 0 unspecified atom stereocenters. The van der Waals surface area contributed by atoms with Crippen molar-refractivity contribution in [2.45, 2.75) is 58.2 Å². The smallest absolute Gasteiger partial charge is 0.248 e. The number of Topliss-reactive ketones (excluding diaryl/α,β-unsaturated/α-hetero) is 1. The van der Waals surface area contributed by atoms with E-state index in [0.717, 1.165) is 35.7 Å². The van der Waals surface area contributed by atoms with Gasteiger partial charge in [-0.3, -0.25) is 19.1 Å². The summed E-state index contributed by atoms with van der Waals surface area (Å²) in [5, 5.41) is 8.32. The molecule has 3 heterocycles. The molecule has 1 N–H and O–H groups in total. The fourth-order valence-electron chi connectivity index (χ4n) is 5.45. The maximum Gasteiger partial charge on any atom is 0.248 e. The summed E-state index contributed by atoms with van der Waals surface area (Å²) in [6.45, 7) is 3.40. The topological polar surface area (TPSA) is 97.2 Å². The third kappa shape index (κ3) is 4.07. The van der Waals surface area contributed by atoms with Gasteiger partial charge in [0, 0.05) is 18.4 Å². The molecule has 1 aliphatic carbocycles. The van der Waals surface area contributed by atoms with E-state index in [0.29, 0.717) is 23.9 Å². The molecule has 2 amide bonds. The largest absolute Gasteiger partial charge is 0.326 e. The predicted octanol–water partition coefficient (Wildman–Crippen LogP) is 4.00. The maximum absolute atomic E-state index is 13.6. The number of halogens is 1. The van der Waals surface area contributed by atoms with Gasteiger partial charge in [-0.05, 0) is 56.4 Å². The predicted molar refractivity (Wildman–Crippen MR) is 129 cm³/mol. The summed E-state index contributed by atoms with van der Waals surface area (Å²) in [7, 11) is 0. The number of carbonyl (C=O) groups excluding carboxylic acids is 3. The Bertz CT molecular complexity index is 1300. The first-order valence-electron chi connectivity index (χ1n) is 11.5. The molecule has 176 valence electrons. The molecule has 34 heavy (non-hydrogen) atoms. The van der Waals surface area contributed by atoms with Crippen LogP contribution in [0.3, 0.4) is 0 Å². The first kappa shape index (κ1) is 22.5. The molecule has 9 heteroatoms. The van der Waals surface area contributed by atoms with Gasteiger partial charge in [0.1, 0.15) is 29.3 Å². The average Bonchev–Trinajstić information content (AvgIpc) is 3.46. The highest BCUT2D eigenvalue weighted by atomic mass is 35.5. The molecule has 0 spiro atoms. The number of anilines is 1. The Labute approximate surface area is 202 Å². The number of benzene rings is 1. The van der Waals surface area contributed by atoms with Crippen molar-refractivity contribution in [2.75, 3.05) is 5.32 Å². The summed E-state index contributed by atoms with van der Waals surface area (Å²) < 4.78 is 1.59. The van der Waals surface area contributed by atoms with Crippen molar-refractivity contribution in [1.29, 1.82) is 0 Å². The molecule has 5 rings (SSSR count). The number of amides is 2. The van der Waals surface area contributed by atoms with E-state index in [4.69, 9.17) is 11.6 Å². The van der Waals surface area contributed by atoms with Gasteiger partial charge in [0.25, 0.3) is 0 Å². The number of fused-ring (bicyclic) bond motifs is 2. The van der Waals surface area contributed by atoms with Crippen molar-refractivity contribution in [1.82, 2.24) is 19.7 Å². The minimum Gasteiger partial charge on any atom is -0.326 e. The summed E-state index contributed by atoms with van der Waals surface area (Å²) in [4.78, 5) is 44.9. The van der Waals surface area contributed by atoms with E-state index in [1.54, 1.807) is 27.8 Å². The molecule has 1 aromatic carbocycles. The summed E-state index contributed by atoms with van der Waals surface area (Å²) in [6.07, 6.45) is 3.56. The molecule has 0 radical (unpaired) electrons. The van der Waals surface area contributed by atoms with E-state index in [-0.39, 0.29) is 35.3 Å². The molecular weight excluding hydrogens is 454 g/mol. The van der Waals surface area contributed by atoms with Gasteiger partial charge in [0.05, 0.1) is 5.52 Å². The summed E-state index contributed by atoms with van der Waals surface area (Å²) in [5.41, 5.74) is 2.10. The number of ketones is 1. The van der Waals surface area contributed by atoms with Crippen LogP contribution in [-0.4, -0.2) is 49.3 Å². The molecular formula is C25H26ClN5O3. The number of hydrogen-bond donors (Lipinski definition) is 1. The van der Waals surface area contributed by atoms with Gasteiger partial charge in [-0.15, -0.1) is 0 Å². The number of carbonyl (C=O) groups is 3. The first-order chi connectivity index (χ1) is 16.3. The maximum atomic E-state index is 13.6. The van der Waals surface area contributed by atoms with Gasteiger partial charge in [-0.25, -0.2) is 4.98 Å². The van der Waals surface area contributed by atoms with Crippen LogP contribution >= 0.6 is 11.6 Å². The zero-order valence-electron chi connectivity index (χ0n) is 19.1. The summed E-state index contributed by atoms with van der Waals surface area (Å²) >= 11 is 5.96. The Morgan fingerprint density at radius 2 is 2.00 bits per heavy atom. The number of aryl methyl sites for hydroxylation is 1. The lowest BCUT2D eigenvalue weighted by atomic mass is 10.0. The lowest BCUT2D eigenvalue weighted by Gasteiger charge is -2.29. The number of hydrogen-bond acceptors (Lipinski definition) is 5. The zero-order chi connectivity index (χ0) is 24.0. The Balaban J connectivity index is 1.43. The van der Waals surface area contributed by atoms with Gasteiger partial charge in [-0.2, -0.15) is 5.10 Å². The van der Waals surface area contributed by atoms with Crippen LogP contribution in [0.25, 0.3) is 10.9 Å². The number of aromatic nitrogens is 3. The van der Waals surface area contributed by atoms with Crippen LogP contribution < -0.4 is 5.32 Å². The fourth-order valence-corrected chi connectivity index (χ4v) is 5.62. The third-order valence-corrected chi connectivity index (χ3v) is 7.13. The van der Waals surface area contributed by atoms with Crippen molar-refractivity contribution < 1.29 is 14.4 Å². The van der Waals surface area contributed by atoms with Gasteiger partial charge in [0.15, 0.2) is 5.78 Å². The highest BCUT2D eigenvalue weighted by Crippen LogP contribution is 2.41. The highest BCUT2D eigenvalue weighted by Gasteiger charge is 2.48. The quantitative estimate of drug-likeness (QED) is 0.440. The van der Waals surface area contributed by atoms with Gasteiger partial charge >= 0.3 is 0 Å². The van der Waals surface area contributed by atoms with E-state index in [1.807, 2.05) is 25.1 Å². The van der Waals surface area contributed by atoms with Crippen LogP contribution in [0, 0.1) is 12.8 Å². The second-order valence-corrected chi connectivity index (χ2v) is 9.62. The molecule has 3 aromatic rings. The second kappa shape index (κ2) is 8.83. The van der Waals surface area contributed by atoms with E-state index in [1.165, 1.54) is 6.92 Å². The van der Waals surface area contributed by atoms with Gasteiger partial charge in [0.2, 0.25) is 11.8 Å². The summed E-state index contributed by atoms with van der Waals surface area (Å²) in [5.74, 6) is 0.0833. The van der Waals surface area contributed by atoms with Crippen molar-refractivity contribution in [3.05, 3.63) is 52.8 Å². The van der Waals surface area contributed by atoms with Crippen LogP contribution in [0.2, 0.25) is 5.15 Å². The van der Waals surface area contributed by atoms with E-state index < -0.39 is 6.04 Å². The van der Waals surface area contributed by atoms with E-state index in [2.05, 4.69) is 15.4 Å². The Morgan fingerprint density at radius 1 is 1.18 bits per heavy atom. The van der Waals surface area contributed by atoms with Crippen LogP contribution in [-0.2, 0) is 16.1 Å². The van der Waals surface area contributed by atoms with Crippen molar-refractivity contribution in [3.8, 4) is 0 Å². The monoisotopic (exact) mass is 479 g/mol. The van der Waals surface area contributed by atoms with Gasteiger partial charge in [-0.1, -0.05) is 35.7 Å². The molecule has 1 saturated heterocycles. The summed E-state index contributed by atoms with van der Waals surface area (Å²) in [6, 6.07) is 10.2. The molecule has 2 aliphatic rings. The Morgan fingerprint density at radius 3 is 2.76 bits per heavy atom. The SMILES string of the molecule is CC(=O)c1nn(CC(=O)N2[C@H](C(=O)Nc3cccc(Cl)n3)C[C@@H]3CCC[C@@H]32)c2ccc(C)cc12. The molecule has 2 aromatic heterocycles. The minimum absolute atomic E-state index is 0.0325. The fraction of sp³-hybridized carbons (Fsp3) is 0.400. The number of likely N-dealkylation sites (tertiary alicyclic amines) is 1. The normalized spacial score (nSPS) is 21.6. The number of nitrogens with zero attached hydrogens (tertiary/aromatic N) is 4. The van der Waals surface area contributed by atoms with Gasteiger partial charge < -0.3 is 10.2 Å². The van der Waals surface area contributed by atoms with Crippen molar-refractivity contribution in [2.24, 2.45) is 5.92 Å². The number of pyridine rings is 1. The molecule has 8 nitrogen and oxygen atoms in total. The Kier molecular flexibility index (Phi) is 5.85. The van der Waals surface area contributed by atoms with E-state index >= 15 is 0 Å². The Hall–Kier alpha value is -3.26.